The maximum Gasteiger partial charge on any atom is 0.417 e. The monoisotopic (exact) mass is 479 g/mol. The van der Waals surface area contributed by atoms with Gasteiger partial charge in [-0.2, -0.15) is 13.2 Å². The lowest BCUT2D eigenvalue weighted by molar-refractivity contribution is -0.137. The predicted molar refractivity (Wildman–Crippen MR) is 126 cm³/mol. The van der Waals surface area contributed by atoms with Gasteiger partial charge in [-0.05, 0) is 67.3 Å². The molecule has 0 spiro atoms. The number of aromatic nitrogens is 3. The van der Waals surface area contributed by atoms with Crippen LogP contribution in [0.3, 0.4) is 0 Å². The summed E-state index contributed by atoms with van der Waals surface area (Å²) < 4.78 is 41.0. The second-order valence-corrected chi connectivity index (χ2v) is 8.88. The fraction of sp³-hybridized carbons (Fsp3) is 0.269. The Hall–Kier alpha value is -3.72. The molecule has 9 heteroatoms. The molecule has 5 rings (SSSR count). The summed E-state index contributed by atoms with van der Waals surface area (Å²) in [5.74, 6) is -0.204. The molecule has 1 aliphatic heterocycles. The second kappa shape index (κ2) is 9.14. The van der Waals surface area contributed by atoms with Crippen molar-refractivity contribution in [3.8, 4) is 0 Å². The first-order valence-electron chi connectivity index (χ1n) is 11.4. The highest BCUT2D eigenvalue weighted by Gasteiger charge is 2.31. The number of anilines is 1. The van der Waals surface area contributed by atoms with Gasteiger partial charge >= 0.3 is 6.18 Å². The molecule has 4 aromatic rings. The van der Waals surface area contributed by atoms with Crippen molar-refractivity contribution in [1.29, 1.82) is 0 Å². The zero-order chi connectivity index (χ0) is 24.6. The number of nitrogens with one attached hydrogen (secondary N) is 1. The van der Waals surface area contributed by atoms with E-state index in [1.54, 1.807) is 6.07 Å². The maximum absolute atomic E-state index is 13.0. The Kier molecular flexibility index (Phi) is 6.02. The van der Waals surface area contributed by atoms with Crippen molar-refractivity contribution in [2.45, 2.75) is 32.0 Å². The number of rotatable bonds is 5. The fourth-order valence-corrected chi connectivity index (χ4v) is 4.65. The molecule has 0 saturated carbocycles. The molecule has 1 aliphatic rings. The van der Waals surface area contributed by atoms with Gasteiger partial charge < -0.3 is 9.72 Å². The average molecular weight is 480 g/mol. The van der Waals surface area contributed by atoms with Crippen molar-refractivity contribution in [3.63, 3.8) is 0 Å². The standard InChI is InChI=1S/C26H24F3N5O/c1-17-5-6-18(25(35)32-21-11-20(12-30-13-21)26(27,28)29)10-23(17)19-7-9-33(15-19)16-22-14-31-24-4-2-3-8-34(22)24/h2-6,8,10-14,19H,7,9,15-16H2,1H3,(H,32,35)/t19-/m1/s1. The van der Waals surface area contributed by atoms with Gasteiger partial charge in [-0.1, -0.05) is 12.1 Å². The molecular weight excluding hydrogens is 455 g/mol. The van der Waals surface area contributed by atoms with Gasteiger partial charge in [-0.15, -0.1) is 0 Å². The van der Waals surface area contributed by atoms with Gasteiger partial charge in [0.05, 0.1) is 29.3 Å². The molecular formula is C26H24F3N5O. The van der Waals surface area contributed by atoms with Crippen molar-refractivity contribution in [1.82, 2.24) is 19.3 Å². The van der Waals surface area contributed by atoms with E-state index in [1.807, 2.05) is 49.6 Å². The quantitative estimate of drug-likeness (QED) is 0.422. The number of amides is 1. The Morgan fingerprint density at radius 3 is 2.83 bits per heavy atom. The molecule has 35 heavy (non-hydrogen) atoms. The van der Waals surface area contributed by atoms with E-state index in [0.717, 1.165) is 60.8 Å². The molecule has 180 valence electrons. The highest BCUT2D eigenvalue weighted by Crippen LogP contribution is 2.32. The number of likely N-dealkylation sites (tertiary alicyclic amines) is 1. The molecule has 1 fully saturated rings. The van der Waals surface area contributed by atoms with Gasteiger partial charge in [-0.25, -0.2) is 4.98 Å². The Morgan fingerprint density at radius 1 is 1.14 bits per heavy atom. The van der Waals surface area contributed by atoms with Gasteiger partial charge in [0.2, 0.25) is 0 Å². The summed E-state index contributed by atoms with van der Waals surface area (Å²) in [6, 6.07) is 12.3. The van der Waals surface area contributed by atoms with Crippen molar-refractivity contribution in [3.05, 3.63) is 95.2 Å². The molecule has 1 N–H and O–H groups in total. The van der Waals surface area contributed by atoms with Crippen LogP contribution < -0.4 is 5.32 Å². The predicted octanol–water partition coefficient (Wildman–Crippen LogP) is 5.30. The van der Waals surface area contributed by atoms with Gasteiger partial charge in [0.15, 0.2) is 0 Å². The lowest BCUT2D eigenvalue weighted by Gasteiger charge is -2.18. The van der Waals surface area contributed by atoms with Crippen LogP contribution in [-0.4, -0.2) is 38.3 Å². The van der Waals surface area contributed by atoms with Crippen LogP contribution in [0, 0.1) is 6.92 Å². The summed E-state index contributed by atoms with van der Waals surface area (Å²) in [5.41, 5.74) is 3.72. The number of carbonyl (C=O) groups is 1. The lowest BCUT2D eigenvalue weighted by atomic mass is 9.92. The number of hydrogen-bond donors (Lipinski definition) is 1. The first kappa shape index (κ1) is 23.0. The average Bonchev–Trinajstić information content (AvgIpc) is 3.47. The summed E-state index contributed by atoms with van der Waals surface area (Å²) in [6.07, 6.45) is 2.29. The van der Waals surface area contributed by atoms with E-state index in [2.05, 4.69) is 24.6 Å². The Balaban J connectivity index is 1.29. The summed E-state index contributed by atoms with van der Waals surface area (Å²) in [4.78, 5) is 23.3. The van der Waals surface area contributed by atoms with Crippen LogP contribution in [0.25, 0.3) is 5.65 Å². The number of benzene rings is 1. The van der Waals surface area contributed by atoms with E-state index in [9.17, 15) is 18.0 Å². The molecule has 0 unspecified atom stereocenters. The zero-order valence-electron chi connectivity index (χ0n) is 19.1. The number of hydrogen-bond acceptors (Lipinski definition) is 4. The van der Waals surface area contributed by atoms with Crippen LogP contribution in [0.4, 0.5) is 18.9 Å². The van der Waals surface area contributed by atoms with Crippen LogP contribution in [0.1, 0.15) is 45.1 Å². The Bertz CT molecular complexity index is 1380. The molecule has 6 nitrogen and oxygen atoms in total. The van der Waals surface area contributed by atoms with Crippen LogP contribution in [0.15, 0.2) is 67.3 Å². The van der Waals surface area contributed by atoms with Crippen molar-refractivity contribution in [2.24, 2.45) is 0 Å². The topological polar surface area (TPSA) is 62.5 Å². The van der Waals surface area contributed by atoms with Crippen LogP contribution >= 0.6 is 0 Å². The number of fused-ring (bicyclic) bond motifs is 1. The van der Waals surface area contributed by atoms with Gasteiger partial charge in [0.1, 0.15) is 5.65 Å². The van der Waals surface area contributed by atoms with Crippen molar-refractivity contribution >= 4 is 17.2 Å². The van der Waals surface area contributed by atoms with E-state index in [4.69, 9.17) is 0 Å². The normalized spacial score (nSPS) is 16.6. The molecule has 1 saturated heterocycles. The van der Waals surface area contributed by atoms with Gasteiger partial charge in [0, 0.05) is 31.0 Å². The van der Waals surface area contributed by atoms with Crippen LogP contribution in [0.2, 0.25) is 0 Å². The van der Waals surface area contributed by atoms with E-state index < -0.39 is 17.6 Å². The number of carbonyl (C=O) groups excluding carboxylic acids is 1. The minimum absolute atomic E-state index is 0.00650. The minimum Gasteiger partial charge on any atom is -0.321 e. The molecule has 1 amide bonds. The summed E-state index contributed by atoms with van der Waals surface area (Å²) >= 11 is 0. The van der Waals surface area contributed by atoms with E-state index >= 15 is 0 Å². The third-order valence-corrected chi connectivity index (χ3v) is 6.46. The first-order chi connectivity index (χ1) is 16.8. The Labute approximate surface area is 200 Å². The highest BCUT2D eigenvalue weighted by molar-refractivity contribution is 6.04. The number of nitrogens with zero attached hydrogens (tertiary/aromatic N) is 4. The second-order valence-electron chi connectivity index (χ2n) is 8.88. The summed E-state index contributed by atoms with van der Waals surface area (Å²) in [7, 11) is 0. The smallest absolute Gasteiger partial charge is 0.321 e. The molecule has 0 bridgehead atoms. The fourth-order valence-electron chi connectivity index (χ4n) is 4.65. The molecule has 0 aliphatic carbocycles. The Morgan fingerprint density at radius 2 is 2.00 bits per heavy atom. The minimum atomic E-state index is -4.53. The number of pyridine rings is 2. The molecule has 1 aromatic carbocycles. The third kappa shape index (κ3) is 4.90. The number of aryl methyl sites for hydroxylation is 1. The van der Waals surface area contributed by atoms with E-state index in [-0.39, 0.29) is 11.6 Å². The maximum atomic E-state index is 13.0. The molecule has 4 heterocycles. The first-order valence-corrected chi connectivity index (χ1v) is 11.4. The molecule has 1 atom stereocenters. The molecule has 0 radical (unpaired) electrons. The van der Waals surface area contributed by atoms with Crippen molar-refractivity contribution < 1.29 is 18.0 Å². The van der Waals surface area contributed by atoms with E-state index in [1.165, 1.54) is 6.20 Å². The number of imidazole rings is 1. The number of halogens is 3. The number of alkyl halides is 3. The molecule has 3 aromatic heterocycles. The summed E-state index contributed by atoms with van der Waals surface area (Å²) in [6.45, 7) is 4.57. The van der Waals surface area contributed by atoms with Crippen LogP contribution in [-0.2, 0) is 12.7 Å². The van der Waals surface area contributed by atoms with Crippen LogP contribution in [0.5, 0.6) is 0 Å². The largest absolute Gasteiger partial charge is 0.417 e. The third-order valence-electron chi connectivity index (χ3n) is 6.46. The van der Waals surface area contributed by atoms with Crippen molar-refractivity contribution in [2.75, 3.05) is 18.4 Å². The SMILES string of the molecule is Cc1ccc(C(=O)Nc2cncc(C(F)(F)F)c2)cc1[C@@H]1CCN(Cc2cnc3ccccn23)C1. The highest BCUT2D eigenvalue weighted by atomic mass is 19.4. The van der Waals surface area contributed by atoms with Gasteiger partial charge in [-0.3, -0.25) is 14.7 Å². The van der Waals surface area contributed by atoms with Gasteiger partial charge in [0.25, 0.3) is 5.91 Å². The lowest BCUT2D eigenvalue weighted by Crippen LogP contribution is -2.21. The van der Waals surface area contributed by atoms with E-state index in [0.29, 0.717) is 5.56 Å². The summed E-state index contributed by atoms with van der Waals surface area (Å²) in [5, 5.41) is 2.54. The zero-order valence-corrected chi connectivity index (χ0v) is 19.1.